The number of pyridine rings is 1. The summed E-state index contributed by atoms with van der Waals surface area (Å²) in [6, 6.07) is 1.51. The summed E-state index contributed by atoms with van der Waals surface area (Å²) in [6.07, 6.45) is 5.15. The van der Waals surface area contributed by atoms with Crippen molar-refractivity contribution in [1.82, 2.24) is 29.4 Å². The maximum atomic E-state index is 14.6. The van der Waals surface area contributed by atoms with Gasteiger partial charge in [-0.25, -0.2) is 28.7 Å². The molecule has 1 atom stereocenters. The van der Waals surface area contributed by atoms with E-state index in [1.807, 2.05) is 39.5 Å². The molecule has 0 bridgehead atoms. The number of fused-ring (bicyclic) bond motifs is 1. The molecule has 4 rings (SSSR count). The predicted molar refractivity (Wildman–Crippen MR) is 157 cm³/mol. The maximum absolute atomic E-state index is 14.6. The molecule has 0 spiro atoms. The van der Waals surface area contributed by atoms with Crippen LogP contribution in [0.5, 0.6) is 0 Å². The standard InChI is InChI=1S/C29H33ClFN7O2/c1-8-9-20(19(7)31)25-22(30)12-21-27(37-11-10-36(15-39)13-18(37)6)35-29(40)38(28(21)34-25)26-23(16(2)3)32-14-33-24(26)17(4)5/h8-9,12,14-18H,1,7,10-11,13H2,2-6H3/b20-9+. The second kappa shape index (κ2) is 11.7. The van der Waals surface area contributed by atoms with Crippen LogP contribution in [0.15, 0.2) is 48.3 Å². The van der Waals surface area contributed by atoms with Gasteiger partial charge in [-0.15, -0.1) is 0 Å². The Hall–Kier alpha value is -3.92. The second-order valence-electron chi connectivity index (χ2n) is 10.4. The van der Waals surface area contributed by atoms with Gasteiger partial charge in [0.15, 0.2) is 5.65 Å². The molecule has 0 N–H and O–H groups in total. The minimum Gasteiger partial charge on any atom is -0.350 e. The minimum atomic E-state index is -0.746. The number of hydrogen-bond donors (Lipinski definition) is 0. The van der Waals surface area contributed by atoms with Crippen molar-refractivity contribution in [1.29, 1.82) is 0 Å². The number of carbonyl (C=O) groups is 1. The molecule has 0 saturated carbocycles. The van der Waals surface area contributed by atoms with E-state index < -0.39 is 11.5 Å². The zero-order chi connectivity index (χ0) is 29.3. The Kier molecular flexibility index (Phi) is 8.48. The van der Waals surface area contributed by atoms with Crippen LogP contribution in [0.1, 0.15) is 63.5 Å². The van der Waals surface area contributed by atoms with Crippen LogP contribution in [0, 0.1) is 0 Å². The van der Waals surface area contributed by atoms with E-state index in [-0.39, 0.29) is 39.8 Å². The van der Waals surface area contributed by atoms with Gasteiger partial charge in [-0.05, 0) is 24.8 Å². The number of anilines is 1. The monoisotopic (exact) mass is 565 g/mol. The summed E-state index contributed by atoms with van der Waals surface area (Å²) in [7, 11) is 0. The van der Waals surface area contributed by atoms with Gasteiger partial charge in [0.2, 0.25) is 6.41 Å². The Labute approximate surface area is 237 Å². The summed E-state index contributed by atoms with van der Waals surface area (Å²) < 4.78 is 16.0. The number of amides is 1. The van der Waals surface area contributed by atoms with Crippen molar-refractivity contribution in [2.45, 2.75) is 52.5 Å². The maximum Gasteiger partial charge on any atom is 0.355 e. The number of piperazine rings is 1. The van der Waals surface area contributed by atoms with Crippen molar-refractivity contribution in [3.8, 4) is 5.69 Å². The molecular weight excluding hydrogens is 533 g/mol. The Balaban J connectivity index is 2.16. The molecule has 3 aromatic rings. The highest BCUT2D eigenvalue weighted by Crippen LogP contribution is 2.36. The molecule has 4 heterocycles. The topological polar surface area (TPSA) is 97.1 Å². The molecule has 40 heavy (non-hydrogen) atoms. The smallest absolute Gasteiger partial charge is 0.350 e. The van der Waals surface area contributed by atoms with Crippen LogP contribution < -0.4 is 10.6 Å². The van der Waals surface area contributed by atoms with Gasteiger partial charge in [0.05, 0.1) is 33.2 Å². The molecular formula is C29H33ClFN7O2. The molecule has 1 amide bonds. The normalized spacial score (nSPS) is 16.2. The third kappa shape index (κ3) is 5.28. The van der Waals surface area contributed by atoms with E-state index >= 15 is 0 Å². The summed E-state index contributed by atoms with van der Waals surface area (Å²) in [5.74, 6) is -0.466. The second-order valence-corrected chi connectivity index (χ2v) is 10.8. The molecule has 0 radical (unpaired) electrons. The Morgan fingerprint density at radius 3 is 2.33 bits per heavy atom. The Morgan fingerprint density at radius 2 is 1.80 bits per heavy atom. The van der Waals surface area contributed by atoms with Crippen LogP contribution >= 0.6 is 11.6 Å². The lowest BCUT2D eigenvalue weighted by Crippen LogP contribution is -2.52. The number of rotatable bonds is 8. The number of aromatic nitrogens is 5. The van der Waals surface area contributed by atoms with E-state index in [4.69, 9.17) is 16.6 Å². The number of carbonyl (C=O) groups excluding carboxylic acids is 1. The highest BCUT2D eigenvalue weighted by Gasteiger charge is 2.30. The molecule has 1 fully saturated rings. The van der Waals surface area contributed by atoms with Crippen LogP contribution in [0.3, 0.4) is 0 Å². The van der Waals surface area contributed by atoms with Crippen molar-refractivity contribution in [3.63, 3.8) is 0 Å². The van der Waals surface area contributed by atoms with Crippen molar-refractivity contribution in [2.75, 3.05) is 24.5 Å². The average molecular weight is 566 g/mol. The largest absolute Gasteiger partial charge is 0.355 e. The van der Waals surface area contributed by atoms with E-state index in [1.165, 1.54) is 23.0 Å². The lowest BCUT2D eigenvalue weighted by molar-refractivity contribution is -0.118. The highest BCUT2D eigenvalue weighted by atomic mass is 35.5. The first-order valence-electron chi connectivity index (χ1n) is 13.1. The van der Waals surface area contributed by atoms with Gasteiger partial charge >= 0.3 is 5.69 Å². The molecule has 1 aliphatic rings. The van der Waals surface area contributed by atoms with Crippen LogP contribution in [0.4, 0.5) is 10.2 Å². The molecule has 210 valence electrons. The fourth-order valence-electron chi connectivity index (χ4n) is 5.01. The fraction of sp³-hybridized carbons (Fsp3) is 0.379. The molecule has 1 unspecified atom stereocenters. The quantitative estimate of drug-likeness (QED) is 0.274. The third-order valence-corrected chi connectivity index (χ3v) is 7.20. The first-order valence-corrected chi connectivity index (χ1v) is 13.5. The van der Waals surface area contributed by atoms with Crippen LogP contribution in [-0.4, -0.2) is 61.5 Å². The summed E-state index contributed by atoms with van der Waals surface area (Å²) in [5, 5.41) is 0.653. The molecule has 11 heteroatoms. The van der Waals surface area contributed by atoms with Gasteiger partial charge in [-0.1, -0.05) is 64.6 Å². The Bertz CT molecular complexity index is 1550. The predicted octanol–water partition coefficient (Wildman–Crippen LogP) is 5.19. The fourth-order valence-corrected chi connectivity index (χ4v) is 5.26. The SMILES string of the molecule is C=C/C=C(\C(=C)F)c1nc2c(cc1Cl)c(N1CCN(C=O)CC1C)nc(=O)n2-c1c(C(C)C)ncnc1C(C)C. The first kappa shape index (κ1) is 29.1. The number of halogens is 2. The first-order chi connectivity index (χ1) is 19.0. The van der Waals surface area contributed by atoms with Gasteiger partial charge in [0.25, 0.3) is 0 Å². The molecule has 0 aliphatic carbocycles. The molecule has 9 nitrogen and oxygen atoms in total. The number of nitrogens with zero attached hydrogens (tertiary/aromatic N) is 7. The highest BCUT2D eigenvalue weighted by molar-refractivity contribution is 6.33. The summed E-state index contributed by atoms with van der Waals surface area (Å²) >= 11 is 6.71. The van der Waals surface area contributed by atoms with Crippen molar-refractivity contribution in [2.24, 2.45) is 0 Å². The molecule has 1 aliphatic heterocycles. The zero-order valence-electron chi connectivity index (χ0n) is 23.4. The van der Waals surface area contributed by atoms with Gasteiger partial charge in [0, 0.05) is 31.2 Å². The van der Waals surface area contributed by atoms with Crippen LogP contribution in [0.2, 0.25) is 5.02 Å². The van der Waals surface area contributed by atoms with Crippen molar-refractivity contribution < 1.29 is 9.18 Å². The van der Waals surface area contributed by atoms with Crippen LogP contribution in [-0.2, 0) is 4.79 Å². The molecule has 0 aromatic carbocycles. The number of allylic oxidation sites excluding steroid dienone is 4. The van der Waals surface area contributed by atoms with Crippen LogP contribution in [0.25, 0.3) is 22.3 Å². The summed E-state index contributed by atoms with van der Waals surface area (Å²) in [4.78, 5) is 47.4. The van der Waals surface area contributed by atoms with Gasteiger partial charge < -0.3 is 9.80 Å². The van der Waals surface area contributed by atoms with Gasteiger partial charge in [0.1, 0.15) is 18.0 Å². The van der Waals surface area contributed by atoms with E-state index in [0.717, 1.165) is 6.41 Å². The zero-order valence-corrected chi connectivity index (χ0v) is 24.1. The molecule has 3 aromatic heterocycles. The lowest BCUT2D eigenvalue weighted by atomic mass is 10.0. The minimum absolute atomic E-state index is 0.0460. The van der Waals surface area contributed by atoms with Gasteiger partial charge in [-0.2, -0.15) is 4.98 Å². The molecule has 1 saturated heterocycles. The van der Waals surface area contributed by atoms with E-state index in [0.29, 0.717) is 47.9 Å². The van der Waals surface area contributed by atoms with Crippen molar-refractivity contribution in [3.05, 3.63) is 76.1 Å². The van der Waals surface area contributed by atoms with Crippen molar-refractivity contribution >= 4 is 40.4 Å². The van der Waals surface area contributed by atoms with E-state index in [1.54, 1.807) is 11.0 Å². The Morgan fingerprint density at radius 1 is 1.15 bits per heavy atom. The van der Waals surface area contributed by atoms with Gasteiger partial charge in [-0.3, -0.25) is 4.79 Å². The number of hydrogen-bond acceptors (Lipinski definition) is 7. The summed E-state index contributed by atoms with van der Waals surface area (Å²) in [6.45, 7) is 18.4. The van der Waals surface area contributed by atoms with E-state index in [2.05, 4.69) is 28.1 Å². The average Bonchev–Trinajstić information content (AvgIpc) is 2.90. The third-order valence-electron chi connectivity index (χ3n) is 6.91. The summed E-state index contributed by atoms with van der Waals surface area (Å²) in [5.41, 5.74) is 1.60. The lowest BCUT2D eigenvalue weighted by Gasteiger charge is -2.39. The van der Waals surface area contributed by atoms with E-state index in [9.17, 15) is 14.0 Å².